The summed E-state index contributed by atoms with van der Waals surface area (Å²) in [6, 6.07) is 12.6. The van der Waals surface area contributed by atoms with Gasteiger partial charge < -0.3 is 15.0 Å². The number of ether oxygens (including phenoxy) is 1. The Balaban J connectivity index is 1.22. The SMILES string of the molecule is O=C1NCCOc2c1ccc(-c1[nH]nc3ncc(-c4ccc5c(c4)CCC(N4CCCC4)CC5)cc13)c2F. The molecule has 2 aromatic heterocycles. The summed E-state index contributed by atoms with van der Waals surface area (Å²) in [5.41, 5.74) is 6.47. The average molecular weight is 512 g/mol. The lowest BCUT2D eigenvalue weighted by atomic mass is 9.96. The average Bonchev–Trinajstić information content (AvgIpc) is 3.52. The Hall–Kier alpha value is -3.78. The number of likely N-dealkylation sites (tertiary alicyclic amines) is 1. The molecule has 2 N–H and O–H groups in total. The van der Waals surface area contributed by atoms with Crippen LogP contribution < -0.4 is 10.1 Å². The molecule has 8 heteroatoms. The summed E-state index contributed by atoms with van der Waals surface area (Å²) in [6.07, 6.45) is 9.14. The van der Waals surface area contributed by atoms with E-state index in [0.717, 1.165) is 29.4 Å². The number of nitrogens with zero attached hydrogens (tertiary/aromatic N) is 3. The van der Waals surface area contributed by atoms with Gasteiger partial charge in [-0.15, -0.1) is 0 Å². The minimum Gasteiger partial charge on any atom is -0.488 e. The number of hydrogen-bond acceptors (Lipinski definition) is 5. The van der Waals surface area contributed by atoms with Gasteiger partial charge in [-0.05, 0) is 86.5 Å². The van der Waals surface area contributed by atoms with E-state index >= 15 is 4.39 Å². The first-order valence-corrected chi connectivity index (χ1v) is 13.6. The lowest BCUT2D eigenvalue weighted by molar-refractivity contribution is 0.0957. The number of carbonyl (C=O) groups excluding carboxylic acids is 1. The Morgan fingerprint density at radius 3 is 2.66 bits per heavy atom. The van der Waals surface area contributed by atoms with Crippen molar-refractivity contribution in [2.45, 2.75) is 44.6 Å². The normalized spacial score (nSPS) is 19.8. The zero-order valence-corrected chi connectivity index (χ0v) is 21.2. The largest absolute Gasteiger partial charge is 0.488 e. The van der Waals surface area contributed by atoms with E-state index in [2.05, 4.69) is 43.6 Å². The number of halogens is 1. The van der Waals surface area contributed by atoms with Crippen molar-refractivity contribution >= 4 is 16.9 Å². The van der Waals surface area contributed by atoms with Crippen molar-refractivity contribution in [1.82, 2.24) is 25.4 Å². The van der Waals surface area contributed by atoms with E-state index in [0.29, 0.717) is 29.5 Å². The monoisotopic (exact) mass is 511 g/mol. The molecule has 1 saturated heterocycles. The summed E-state index contributed by atoms with van der Waals surface area (Å²) in [7, 11) is 0. The van der Waals surface area contributed by atoms with Crippen molar-refractivity contribution in [1.29, 1.82) is 0 Å². The van der Waals surface area contributed by atoms with Gasteiger partial charge in [0.2, 0.25) is 0 Å². The van der Waals surface area contributed by atoms with E-state index in [1.165, 1.54) is 49.9 Å². The van der Waals surface area contributed by atoms with Gasteiger partial charge in [-0.25, -0.2) is 9.37 Å². The standard InChI is InChI=1S/C30H30FN5O2/c31-26-23(9-10-24-28(26)38-14-11-32-30(24)37)27-25-16-21(17-33-29(25)35-34-27)20-4-3-18-5-7-22(8-6-19(18)15-20)36-12-1-2-13-36/h3-4,9-10,15-17,22H,1-2,5-8,11-14H2,(H,32,37)(H,33,34,35). The van der Waals surface area contributed by atoms with Gasteiger partial charge in [0.1, 0.15) is 6.61 Å². The van der Waals surface area contributed by atoms with Crippen LogP contribution in [0.5, 0.6) is 5.75 Å². The number of nitrogens with one attached hydrogen (secondary N) is 2. The van der Waals surface area contributed by atoms with Gasteiger partial charge in [-0.1, -0.05) is 18.2 Å². The van der Waals surface area contributed by atoms with E-state index in [9.17, 15) is 4.79 Å². The summed E-state index contributed by atoms with van der Waals surface area (Å²) in [4.78, 5) is 19.5. The molecular weight excluding hydrogens is 481 g/mol. The number of carbonyl (C=O) groups is 1. The van der Waals surface area contributed by atoms with Crippen LogP contribution in [0, 0.1) is 5.82 Å². The number of amides is 1. The van der Waals surface area contributed by atoms with Gasteiger partial charge in [-0.2, -0.15) is 5.10 Å². The number of pyridine rings is 1. The molecule has 0 radical (unpaired) electrons. The second kappa shape index (κ2) is 9.51. The maximum absolute atomic E-state index is 15.6. The van der Waals surface area contributed by atoms with Crippen LogP contribution in [0.3, 0.4) is 0 Å². The highest BCUT2D eigenvalue weighted by Gasteiger charge is 2.26. The van der Waals surface area contributed by atoms with Crippen LogP contribution in [-0.2, 0) is 12.8 Å². The molecule has 3 aliphatic rings. The van der Waals surface area contributed by atoms with Crippen LogP contribution >= 0.6 is 0 Å². The molecule has 0 bridgehead atoms. The first-order chi connectivity index (χ1) is 18.7. The van der Waals surface area contributed by atoms with Crippen molar-refractivity contribution in [3.63, 3.8) is 0 Å². The highest BCUT2D eigenvalue weighted by atomic mass is 19.1. The van der Waals surface area contributed by atoms with E-state index < -0.39 is 5.82 Å². The molecule has 0 spiro atoms. The number of H-pyrrole nitrogens is 1. The van der Waals surface area contributed by atoms with Crippen molar-refractivity contribution in [2.75, 3.05) is 26.2 Å². The van der Waals surface area contributed by atoms with Gasteiger partial charge in [0, 0.05) is 28.8 Å². The molecule has 194 valence electrons. The Kier molecular flexibility index (Phi) is 5.84. The van der Waals surface area contributed by atoms with Gasteiger partial charge in [0.15, 0.2) is 17.2 Å². The molecule has 38 heavy (non-hydrogen) atoms. The number of aromatic amines is 1. The molecule has 2 aliphatic heterocycles. The van der Waals surface area contributed by atoms with E-state index in [1.807, 2.05) is 12.3 Å². The van der Waals surface area contributed by atoms with Crippen molar-refractivity contribution in [3.05, 3.63) is 65.1 Å². The predicted octanol–water partition coefficient (Wildman–Crippen LogP) is 4.90. The molecule has 4 heterocycles. The van der Waals surface area contributed by atoms with Gasteiger partial charge in [-0.3, -0.25) is 9.89 Å². The van der Waals surface area contributed by atoms with Crippen LogP contribution in [0.2, 0.25) is 0 Å². The first kappa shape index (κ1) is 23.3. The molecule has 7 nitrogen and oxygen atoms in total. The summed E-state index contributed by atoms with van der Waals surface area (Å²) in [5, 5.41) is 10.7. The third-order valence-corrected chi connectivity index (χ3v) is 8.35. The quantitative estimate of drug-likeness (QED) is 0.383. The minimum absolute atomic E-state index is 0.0256. The number of rotatable bonds is 3. The van der Waals surface area contributed by atoms with Crippen LogP contribution in [0.1, 0.15) is 47.2 Å². The molecule has 1 unspecified atom stereocenters. The highest BCUT2D eigenvalue weighted by Crippen LogP contribution is 2.37. The number of benzene rings is 2. The molecule has 1 aliphatic carbocycles. The molecule has 7 rings (SSSR count). The Bertz CT molecular complexity index is 1540. The number of aryl methyl sites for hydroxylation is 2. The maximum atomic E-state index is 15.6. The number of hydrogen-bond donors (Lipinski definition) is 2. The van der Waals surface area contributed by atoms with E-state index in [4.69, 9.17) is 4.74 Å². The van der Waals surface area contributed by atoms with Crippen molar-refractivity contribution in [3.8, 4) is 28.1 Å². The molecule has 1 fully saturated rings. The third kappa shape index (κ3) is 4.04. The van der Waals surface area contributed by atoms with Crippen molar-refractivity contribution < 1.29 is 13.9 Å². The van der Waals surface area contributed by atoms with Crippen LogP contribution in [0.15, 0.2) is 42.6 Å². The zero-order chi connectivity index (χ0) is 25.6. The Morgan fingerprint density at radius 2 is 1.79 bits per heavy atom. The third-order valence-electron chi connectivity index (χ3n) is 8.35. The van der Waals surface area contributed by atoms with E-state index in [-0.39, 0.29) is 23.8 Å². The lowest BCUT2D eigenvalue weighted by Gasteiger charge is -2.25. The van der Waals surface area contributed by atoms with E-state index in [1.54, 1.807) is 12.1 Å². The van der Waals surface area contributed by atoms with Crippen LogP contribution in [0.4, 0.5) is 4.39 Å². The Morgan fingerprint density at radius 1 is 0.974 bits per heavy atom. The second-order valence-electron chi connectivity index (χ2n) is 10.6. The highest BCUT2D eigenvalue weighted by molar-refractivity contribution is 5.99. The maximum Gasteiger partial charge on any atom is 0.255 e. The fraction of sp³-hybridized carbons (Fsp3) is 0.367. The van der Waals surface area contributed by atoms with Crippen molar-refractivity contribution in [2.24, 2.45) is 0 Å². The summed E-state index contributed by atoms with van der Waals surface area (Å²) in [6.45, 7) is 3.04. The second-order valence-corrected chi connectivity index (χ2v) is 10.6. The molecule has 1 amide bonds. The molecular formula is C30H30FN5O2. The summed E-state index contributed by atoms with van der Waals surface area (Å²) >= 11 is 0. The topological polar surface area (TPSA) is 83.1 Å². The molecule has 1 atom stereocenters. The van der Waals surface area contributed by atoms with Crippen LogP contribution in [0.25, 0.3) is 33.4 Å². The predicted molar refractivity (Wildman–Crippen MR) is 144 cm³/mol. The summed E-state index contributed by atoms with van der Waals surface area (Å²) in [5.74, 6) is -0.938. The van der Waals surface area contributed by atoms with Gasteiger partial charge >= 0.3 is 0 Å². The lowest BCUT2D eigenvalue weighted by Crippen LogP contribution is -2.32. The van der Waals surface area contributed by atoms with Crippen LogP contribution in [-0.4, -0.2) is 58.3 Å². The number of fused-ring (bicyclic) bond motifs is 3. The minimum atomic E-state index is -0.576. The fourth-order valence-corrected chi connectivity index (χ4v) is 6.29. The molecule has 2 aromatic carbocycles. The van der Waals surface area contributed by atoms with Gasteiger partial charge in [0.05, 0.1) is 17.8 Å². The smallest absolute Gasteiger partial charge is 0.255 e. The zero-order valence-electron chi connectivity index (χ0n) is 21.2. The molecule has 0 saturated carbocycles. The van der Waals surface area contributed by atoms with Gasteiger partial charge in [0.25, 0.3) is 5.91 Å². The number of aromatic nitrogens is 3. The fourth-order valence-electron chi connectivity index (χ4n) is 6.29. The molecule has 4 aromatic rings. The first-order valence-electron chi connectivity index (χ1n) is 13.6. The Labute approximate surface area is 220 Å². The summed E-state index contributed by atoms with van der Waals surface area (Å²) < 4.78 is 21.2.